The standard InChI is InChI=1S/C11H24N2O/c12-6-10-14-11-9-13-7-4-2-1-3-5-8-13/h1-12H2. The topological polar surface area (TPSA) is 38.5 Å². The zero-order valence-electron chi connectivity index (χ0n) is 9.21. The molecule has 0 aromatic rings. The summed E-state index contributed by atoms with van der Waals surface area (Å²) >= 11 is 0. The molecule has 1 saturated heterocycles. The van der Waals surface area contributed by atoms with Crippen LogP contribution in [0.4, 0.5) is 0 Å². The maximum absolute atomic E-state index is 5.39. The molecule has 0 atom stereocenters. The molecule has 14 heavy (non-hydrogen) atoms. The fourth-order valence-electron chi connectivity index (χ4n) is 1.92. The van der Waals surface area contributed by atoms with Gasteiger partial charge in [0.15, 0.2) is 0 Å². The fourth-order valence-corrected chi connectivity index (χ4v) is 1.92. The molecule has 0 spiro atoms. The molecule has 0 unspecified atom stereocenters. The first kappa shape index (κ1) is 12.0. The summed E-state index contributed by atoms with van der Waals surface area (Å²) in [6, 6.07) is 0. The maximum Gasteiger partial charge on any atom is 0.0594 e. The van der Waals surface area contributed by atoms with Crippen molar-refractivity contribution < 1.29 is 4.74 Å². The minimum atomic E-state index is 0.639. The van der Waals surface area contributed by atoms with Crippen molar-refractivity contribution in [3.05, 3.63) is 0 Å². The molecule has 0 bridgehead atoms. The number of nitrogens with zero attached hydrogens (tertiary/aromatic N) is 1. The third kappa shape index (κ3) is 5.58. The fraction of sp³-hybridized carbons (Fsp3) is 1.00. The van der Waals surface area contributed by atoms with Crippen molar-refractivity contribution in [2.45, 2.75) is 32.1 Å². The van der Waals surface area contributed by atoms with Gasteiger partial charge in [-0.25, -0.2) is 0 Å². The van der Waals surface area contributed by atoms with Gasteiger partial charge in [0.05, 0.1) is 13.2 Å². The van der Waals surface area contributed by atoms with Gasteiger partial charge in [0.25, 0.3) is 0 Å². The molecule has 0 aromatic heterocycles. The Morgan fingerprint density at radius 3 is 2.21 bits per heavy atom. The van der Waals surface area contributed by atoms with Crippen molar-refractivity contribution in [2.75, 3.05) is 39.4 Å². The van der Waals surface area contributed by atoms with E-state index in [1.54, 1.807) is 0 Å². The van der Waals surface area contributed by atoms with Gasteiger partial charge in [-0.05, 0) is 25.9 Å². The van der Waals surface area contributed by atoms with E-state index in [1.807, 2.05) is 0 Å². The van der Waals surface area contributed by atoms with Gasteiger partial charge in [0, 0.05) is 13.1 Å². The highest BCUT2D eigenvalue weighted by Crippen LogP contribution is 2.09. The first-order chi connectivity index (χ1) is 6.93. The first-order valence-electron chi connectivity index (χ1n) is 5.93. The summed E-state index contributed by atoms with van der Waals surface area (Å²) in [6.45, 7) is 5.78. The molecule has 3 heteroatoms. The molecule has 1 aliphatic heterocycles. The van der Waals surface area contributed by atoms with Crippen molar-refractivity contribution in [2.24, 2.45) is 5.73 Å². The lowest BCUT2D eigenvalue weighted by Gasteiger charge is -2.24. The molecule has 0 saturated carbocycles. The second-order valence-corrected chi connectivity index (χ2v) is 4.01. The smallest absolute Gasteiger partial charge is 0.0594 e. The predicted molar refractivity (Wildman–Crippen MR) is 59.4 cm³/mol. The van der Waals surface area contributed by atoms with Crippen LogP contribution in [0.25, 0.3) is 0 Å². The Morgan fingerprint density at radius 2 is 1.57 bits per heavy atom. The van der Waals surface area contributed by atoms with E-state index in [-0.39, 0.29) is 0 Å². The van der Waals surface area contributed by atoms with Crippen LogP contribution < -0.4 is 5.73 Å². The Morgan fingerprint density at radius 1 is 0.929 bits per heavy atom. The van der Waals surface area contributed by atoms with Gasteiger partial charge >= 0.3 is 0 Å². The summed E-state index contributed by atoms with van der Waals surface area (Å²) < 4.78 is 5.39. The van der Waals surface area contributed by atoms with Gasteiger partial charge in [0.1, 0.15) is 0 Å². The summed E-state index contributed by atoms with van der Waals surface area (Å²) in [5.74, 6) is 0. The Balaban J connectivity index is 2.02. The number of hydrogen-bond acceptors (Lipinski definition) is 3. The highest BCUT2D eigenvalue weighted by molar-refractivity contribution is 4.61. The summed E-state index contributed by atoms with van der Waals surface area (Å²) in [5.41, 5.74) is 5.35. The lowest BCUT2D eigenvalue weighted by molar-refractivity contribution is 0.106. The third-order valence-corrected chi connectivity index (χ3v) is 2.76. The van der Waals surface area contributed by atoms with E-state index in [0.717, 1.165) is 13.2 Å². The van der Waals surface area contributed by atoms with Crippen LogP contribution in [-0.2, 0) is 4.74 Å². The van der Waals surface area contributed by atoms with Gasteiger partial charge in [-0.2, -0.15) is 0 Å². The summed E-state index contributed by atoms with van der Waals surface area (Å²) in [6.07, 6.45) is 6.95. The van der Waals surface area contributed by atoms with Crippen molar-refractivity contribution in [3.8, 4) is 0 Å². The van der Waals surface area contributed by atoms with Crippen LogP contribution in [0.15, 0.2) is 0 Å². The highest BCUT2D eigenvalue weighted by Gasteiger charge is 2.06. The van der Waals surface area contributed by atoms with Gasteiger partial charge in [-0.3, -0.25) is 0 Å². The molecule has 2 N–H and O–H groups in total. The minimum absolute atomic E-state index is 0.639. The molecule has 1 fully saturated rings. The Kier molecular flexibility index (Phi) is 7.01. The average molecular weight is 200 g/mol. The molecule has 0 aromatic carbocycles. The van der Waals surface area contributed by atoms with Gasteiger partial charge in [-0.1, -0.05) is 19.3 Å². The summed E-state index contributed by atoms with van der Waals surface area (Å²) in [4.78, 5) is 2.52. The Hall–Kier alpha value is -0.120. The maximum atomic E-state index is 5.39. The zero-order chi connectivity index (χ0) is 10.1. The molecule has 84 valence electrons. The largest absolute Gasteiger partial charge is 0.379 e. The molecular weight excluding hydrogens is 176 g/mol. The van der Waals surface area contributed by atoms with E-state index in [0.29, 0.717) is 13.2 Å². The number of nitrogens with two attached hydrogens (primary N) is 1. The second kappa shape index (κ2) is 8.21. The van der Waals surface area contributed by atoms with Crippen LogP contribution in [0.2, 0.25) is 0 Å². The van der Waals surface area contributed by atoms with E-state index in [2.05, 4.69) is 4.90 Å². The van der Waals surface area contributed by atoms with E-state index in [4.69, 9.17) is 10.5 Å². The second-order valence-electron chi connectivity index (χ2n) is 4.01. The third-order valence-electron chi connectivity index (χ3n) is 2.76. The van der Waals surface area contributed by atoms with E-state index in [1.165, 1.54) is 45.2 Å². The quantitative estimate of drug-likeness (QED) is 0.678. The Bertz CT molecular complexity index is 122. The monoisotopic (exact) mass is 200 g/mol. The van der Waals surface area contributed by atoms with Crippen LogP contribution in [0.1, 0.15) is 32.1 Å². The average Bonchev–Trinajstić information content (AvgIpc) is 2.15. The SMILES string of the molecule is NCCOCCN1CCCCCCC1. The molecular formula is C11H24N2O. The Labute approximate surface area is 87.6 Å². The van der Waals surface area contributed by atoms with Gasteiger partial charge < -0.3 is 15.4 Å². The zero-order valence-corrected chi connectivity index (χ0v) is 9.21. The molecule has 0 radical (unpaired) electrons. The van der Waals surface area contributed by atoms with Crippen LogP contribution in [0.3, 0.4) is 0 Å². The molecule has 1 rings (SSSR count). The van der Waals surface area contributed by atoms with E-state index >= 15 is 0 Å². The van der Waals surface area contributed by atoms with Crippen LogP contribution in [0, 0.1) is 0 Å². The number of ether oxygens (including phenoxy) is 1. The normalized spacial score (nSPS) is 20.4. The van der Waals surface area contributed by atoms with Gasteiger partial charge in [-0.15, -0.1) is 0 Å². The van der Waals surface area contributed by atoms with E-state index < -0.39 is 0 Å². The summed E-state index contributed by atoms with van der Waals surface area (Å²) in [5, 5.41) is 0. The van der Waals surface area contributed by atoms with Crippen LogP contribution >= 0.6 is 0 Å². The molecule has 0 amide bonds. The van der Waals surface area contributed by atoms with Crippen LogP contribution in [0.5, 0.6) is 0 Å². The summed E-state index contributed by atoms with van der Waals surface area (Å²) in [7, 11) is 0. The van der Waals surface area contributed by atoms with Crippen molar-refractivity contribution in [1.82, 2.24) is 4.90 Å². The molecule has 3 nitrogen and oxygen atoms in total. The van der Waals surface area contributed by atoms with Crippen molar-refractivity contribution >= 4 is 0 Å². The number of rotatable bonds is 5. The predicted octanol–water partition coefficient (Wildman–Crippen LogP) is 1.23. The van der Waals surface area contributed by atoms with Gasteiger partial charge in [0.2, 0.25) is 0 Å². The number of likely N-dealkylation sites (tertiary alicyclic amines) is 1. The molecule has 0 aliphatic carbocycles. The lowest BCUT2D eigenvalue weighted by Crippen LogP contribution is -2.31. The van der Waals surface area contributed by atoms with Crippen molar-refractivity contribution in [1.29, 1.82) is 0 Å². The molecule has 1 aliphatic rings. The number of hydrogen-bond donors (Lipinski definition) is 1. The first-order valence-corrected chi connectivity index (χ1v) is 5.93. The lowest BCUT2D eigenvalue weighted by atomic mass is 10.1. The minimum Gasteiger partial charge on any atom is -0.379 e. The highest BCUT2D eigenvalue weighted by atomic mass is 16.5. The van der Waals surface area contributed by atoms with Crippen molar-refractivity contribution in [3.63, 3.8) is 0 Å². The van der Waals surface area contributed by atoms with Crippen LogP contribution in [-0.4, -0.2) is 44.3 Å². The molecule has 1 heterocycles. The van der Waals surface area contributed by atoms with E-state index in [9.17, 15) is 0 Å².